The molecule has 0 saturated carbocycles. The third-order valence-corrected chi connectivity index (χ3v) is 3.75. The number of ether oxygens (including phenoxy) is 1. The fourth-order valence-corrected chi connectivity index (χ4v) is 2.61. The lowest BCUT2D eigenvalue weighted by Gasteiger charge is -2.27. The third kappa shape index (κ3) is 7.01. The second-order valence-electron chi connectivity index (χ2n) is 7.02. The van der Waals surface area contributed by atoms with E-state index in [1.54, 1.807) is 0 Å². The Morgan fingerprint density at radius 2 is 1.96 bits per heavy atom. The molecule has 0 atom stereocenters. The van der Waals surface area contributed by atoms with Crippen LogP contribution in [0.5, 0.6) is 0 Å². The number of nitrogens with one attached hydrogen (secondary N) is 2. The van der Waals surface area contributed by atoms with Crippen molar-refractivity contribution in [3.8, 4) is 0 Å². The van der Waals surface area contributed by atoms with Gasteiger partial charge < -0.3 is 20.3 Å². The molecule has 1 saturated heterocycles. The highest BCUT2D eigenvalue weighted by atomic mass is 16.6. The van der Waals surface area contributed by atoms with Crippen LogP contribution in [0.2, 0.25) is 0 Å². The van der Waals surface area contributed by atoms with Crippen LogP contribution < -0.4 is 10.6 Å². The van der Waals surface area contributed by atoms with Crippen LogP contribution >= 0.6 is 0 Å². The van der Waals surface area contributed by atoms with E-state index in [0.717, 1.165) is 44.7 Å². The van der Waals surface area contributed by atoms with Gasteiger partial charge in [0.1, 0.15) is 5.60 Å². The topological polar surface area (TPSA) is 53.6 Å². The summed E-state index contributed by atoms with van der Waals surface area (Å²) in [5.74, 6) is 0. The molecule has 1 aromatic rings. The summed E-state index contributed by atoms with van der Waals surface area (Å²) < 4.78 is 5.25. The SMILES string of the molecule is CC(C)(C)OC(=O)NCc1cccc(CCN2CCNCC2)c1. The van der Waals surface area contributed by atoms with Crippen molar-refractivity contribution in [2.75, 3.05) is 32.7 Å². The number of carbonyl (C=O) groups is 1. The molecule has 1 aromatic carbocycles. The van der Waals surface area contributed by atoms with Crippen molar-refractivity contribution >= 4 is 6.09 Å². The number of nitrogens with zero attached hydrogens (tertiary/aromatic N) is 1. The largest absolute Gasteiger partial charge is 0.444 e. The molecule has 0 spiro atoms. The zero-order chi connectivity index (χ0) is 16.7. The summed E-state index contributed by atoms with van der Waals surface area (Å²) in [5, 5.41) is 6.18. The van der Waals surface area contributed by atoms with Gasteiger partial charge in [-0.25, -0.2) is 4.79 Å². The van der Waals surface area contributed by atoms with Crippen LogP contribution in [0.25, 0.3) is 0 Å². The minimum absolute atomic E-state index is 0.372. The first-order valence-electron chi connectivity index (χ1n) is 8.40. The molecule has 128 valence electrons. The fraction of sp³-hybridized carbons (Fsp3) is 0.611. The first kappa shape index (κ1) is 17.8. The minimum atomic E-state index is -0.463. The van der Waals surface area contributed by atoms with Gasteiger partial charge in [-0.05, 0) is 38.3 Å². The van der Waals surface area contributed by atoms with E-state index in [1.165, 1.54) is 5.56 Å². The van der Waals surface area contributed by atoms with Crippen LogP contribution in [-0.4, -0.2) is 49.3 Å². The Morgan fingerprint density at radius 1 is 1.26 bits per heavy atom. The van der Waals surface area contributed by atoms with Crippen molar-refractivity contribution in [1.29, 1.82) is 0 Å². The molecule has 1 heterocycles. The number of alkyl carbamates (subject to hydrolysis) is 1. The molecule has 1 amide bonds. The lowest BCUT2D eigenvalue weighted by Crippen LogP contribution is -2.44. The van der Waals surface area contributed by atoms with Gasteiger partial charge in [0.2, 0.25) is 0 Å². The van der Waals surface area contributed by atoms with E-state index >= 15 is 0 Å². The maximum absolute atomic E-state index is 11.7. The number of carbonyl (C=O) groups excluding carboxylic acids is 1. The molecule has 5 heteroatoms. The zero-order valence-corrected chi connectivity index (χ0v) is 14.5. The third-order valence-electron chi connectivity index (χ3n) is 3.75. The van der Waals surface area contributed by atoms with Gasteiger partial charge in [0, 0.05) is 39.3 Å². The zero-order valence-electron chi connectivity index (χ0n) is 14.5. The summed E-state index contributed by atoms with van der Waals surface area (Å²) in [7, 11) is 0. The van der Waals surface area contributed by atoms with Crippen molar-refractivity contribution in [3.63, 3.8) is 0 Å². The Balaban J connectivity index is 1.78. The number of benzene rings is 1. The summed E-state index contributed by atoms with van der Waals surface area (Å²) in [5.41, 5.74) is 1.95. The van der Waals surface area contributed by atoms with E-state index in [4.69, 9.17) is 4.74 Å². The molecule has 0 radical (unpaired) electrons. The molecular weight excluding hydrogens is 290 g/mol. The molecule has 23 heavy (non-hydrogen) atoms. The average molecular weight is 319 g/mol. The predicted molar refractivity (Wildman–Crippen MR) is 92.5 cm³/mol. The van der Waals surface area contributed by atoms with Gasteiger partial charge in [-0.1, -0.05) is 24.3 Å². The first-order valence-corrected chi connectivity index (χ1v) is 8.40. The van der Waals surface area contributed by atoms with Crippen molar-refractivity contribution in [2.24, 2.45) is 0 Å². The fourth-order valence-electron chi connectivity index (χ4n) is 2.61. The monoisotopic (exact) mass is 319 g/mol. The number of hydrogen-bond donors (Lipinski definition) is 2. The minimum Gasteiger partial charge on any atom is -0.444 e. The Morgan fingerprint density at radius 3 is 2.65 bits per heavy atom. The van der Waals surface area contributed by atoms with Crippen LogP contribution in [0.15, 0.2) is 24.3 Å². The van der Waals surface area contributed by atoms with Gasteiger partial charge in [-0.15, -0.1) is 0 Å². The number of rotatable bonds is 5. The standard InChI is InChI=1S/C18H29N3O2/c1-18(2,3)23-17(22)20-14-16-6-4-5-15(13-16)7-10-21-11-8-19-9-12-21/h4-6,13,19H,7-12,14H2,1-3H3,(H,20,22). The Bertz CT molecular complexity index is 505. The van der Waals surface area contributed by atoms with E-state index < -0.39 is 5.60 Å². The van der Waals surface area contributed by atoms with E-state index in [-0.39, 0.29) is 6.09 Å². The molecule has 0 unspecified atom stereocenters. The van der Waals surface area contributed by atoms with E-state index in [0.29, 0.717) is 6.54 Å². The highest BCUT2D eigenvalue weighted by Crippen LogP contribution is 2.09. The summed E-state index contributed by atoms with van der Waals surface area (Å²) in [6.45, 7) is 11.6. The smallest absolute Gasteiger partial charge is 0.407 e. The van der Waals surface area contributed by atoms with E-state index in [2.05, 4.69) is 33.7 Å². The van der Waals surface area contributed by atoms with Gasteiger partial charge in [0.05, 0.1) is 0 Å². The Kier molecular flexibility index (Phi) is 6.42. The number of hydrogen-bond acceptors (Lipinski definition) is 4. The van der Waals surface area contributed by atoms with Gasteiger partial charge in [0.25, 0.3) is 0 Å². The summed E-state index contributed by atoms with van der Waals surface area (Å²) in [6, 6.07) is 8.41. The van der Waals surface area contributed by atoms with E-state index in [1.807, 2.05) is 26.8 Å². The maximum atomic E-state index is 11.7. The molecule has 0 aromatic heterocycles. The van der Waals surface area contributed by atoms with Crippen LogP contribution in [0.3, 0.4) is 0 Å². The van der Waals surface area contributed by atoms with Crippen molar-refractivity contribution in [3.05, 3.63) is 35.4 Å². The molecule has 5 nitrogen and oxygen atoms in total. The molecule has 0 aliphatic carbocycles. The molecular formula is C18H29N3O2. The average Bonchev–Trinajstić information content (AvgIpc) is 2.51. The van der Waals surface area contributed by atoms with Gasteiger partial charge >= 0.3 is 6.09 Å². The second-order valence-corrected chi connectivity index (χ2v) is 7.02. The number of amides is 1. The highest BCUT2D eigenvalue weighted by molar-refractivity contribution is 5.67. The maximum Gasteiger partial charge on any atom is 0.407 e. The molecule has 1 aliphatic heterocycles. The molecule has 0 bridgehead atoms. The molecule has 1 aliphatic rings. The van der Waals surface area contributed by atoms with Crippen molar-refractivity contribution in [2.45, 2.75) is 39.3 Å². The Labute approximate surface area is 139 Å². The summed E-state index contributed by atoms with van der Waals surface area (Å²) in [6.07, 6.45) is 0.670. The predicted octanol–water partition coefficient (Wildman–Crippen LogP) is 2.16. The van der Waals surface area contributed by atoms with Crippen molar-refractivity contribution in [1.82, 2.24) is 15.5 Å². The van der Waals surface area contributed by atoms with Crippen molar-refractivity contribution < 1.29 is 9.53 Å². The van der Waals surface area contributed by atoms with Crippen LogP contribution in [0.1, 0.15) is 31.9 Å². The van der Waals surface area contributed by atoms with Gasteiger partial charge in [0.15, 0.2) is 0 Å². The quantitative estimate of drug-likeness (QED) is 0.873. The number of piperazine rings is 1. The van der Waals surface area contributed by atoms with Gasteiger partial charge in [-0.2, -0.15) is 0 Å². The molecule has 2 rings (SSSR count). The molecule has 2 N–H and O–H groups in total. The van der Waals surface area contributed by atoms with Crippen LogP contribution in [0.4, 0.5) is 4.79 Å². The first-order chi connectivity index (χ1) is 10.9. The lowest BCUT2D eigenvalue weighted by molar-refractivity contribution is 0.0523. The second kappa shape index (κ2) is 8.31. The van der Waals surface area contributed by atoms with Crippen LogP contribution in [0, 0.1) is 0 Å². The molecule has 1 fully saturated rings. The highest BCUT2D eigenvalue weighted by Gasteiger charge is 2.15. The van der Waals surface area contributed by atoms with E-state index in [9.17, 15) is 4.79 Å². The lowest BCUT2D eigenvalue weighted by atomic mass is 10.1. The normalized spacial score (nSPS) is 16.1. The Hall–Kier alpha value is -1.59. The van der Waals surface area contributed by atoms with Crippen LogP contribution in [-0.2, 0) is 17.7 Å². The summed E-state index contributed by atoms with van der Waals surface area (Å²) >= 11 is 0. The summed E-state index contributed by atoms with van der Waals surface area (Å²) in [4.78, 5) is 14.2. The van der Waals surface area contributed by atoms with Gasteiger partial charge in [-0.3, -0.25) is 0 Å².